The molecule has 0 unspecified atom stereocenters. The molecule has 0 radical (unpaired) electrons. The van der Waals surface area contributed by atoms with Crippen molar-refractivity contribution in [2.24, 2.45) is 0 Å². The van der Waals surface area contributed by atoms with Gasteiger partial charge in [-0.3, -0.25) is 9.52 Å². The van der Waals surface area contributed by atoms with Crippen LogP contribution in [0.25, 0.3) is 21.8 Å². The van der Waals surface area contributed by atoms with E-state index in [9.17, 15) is 13.2 Å². The topological polar surface area (TPSA) is 88.2 Å². The molecule has 0 bridgehead atoms. The highest BCUT2D eigenvalue weighted by atomic mass is 35.5. The standard InChI is InChI=1S/C23H18ClN3O3S2/c1-32(29,30)27-20-12-6-16(7-13-20)22(28)25-19-10-4-15(5-11-19)21-14-31-23(26-21)17-2-8-18(24)9-3-17/h2-14,27H,1H3,(H,25,28). The number of halogens is 1. The van der Waals surface area contributed by atoms with Crippen molar-refractivity contribution < 1.29 is 13.2 Å². The fourth-order valence-electron chi connectivity index (χ4n) is 2.96. The van der Waals surface area contributed by atoms with Gasteiger partial charge in [-0.25, -0.2) is 13.4 Å². The molecule has 6 nitrogen and oxygen atoms in total. The summed E-state index contributed by atoms with van der Waals surface area (Å²) in [6.45, 7) is 0. The van der Waals surface area contributed by atoms with Crippen LogP contribution in [0.5, 0.6) is 0 Å². The number of amides is 1. The van der Waals surface area contributed by atoms with Crippen molar-refractivity contribution in [3.63, 3.8) is 0 Å². The first-order valence-electron chi connectivity index (χ1n) is 9.48. The predicted octanol–water partition coefficient (Wildman–Crippen LogP) is 5.75. The highest BCUT2D eigenvalue weighted by Gasteiger charge is 2.10. The molecule has 3 aromatic carbocycles. The fraction of sp³-hybridized carbons (Fsp3) is 0.0435. The Balaban J connectivity index is 1.43. The lowest BCUT2D eigenvalue weighted by molar-refractivity contribution is 0.102. The lowest BCUT2D eigenvalue weighted by atomic mass is 10.1. The molecule has 1 amide bonds. The summed E-state index contributed by atoms with van der Waals surface area (Å²) in [7, 11) is -3.36. The number of anilines is 2. The summed E-state index contributed by atoms with van der Waals surface area (Å²) in [6, 6.07) is 21.2. The first kappa shape index (κ1) is 22.0. The summed E-state index contributed by atoms with van der Waals surface area (Å²) >= 11 is 7.50. The Bertz CT molecular complexity index is 1350. The molecular weight excluding hydrogens is 466 g/mol. The number of carbonyl (C=O) groups excluding carboxylic acids is 1. The predicted molar refractivity (Wildman–Crippen MR) is 131 cm³/mol. The molecule has 0 saturated heterocycles. The summed E-state index contributed by atoms with van der Waals surface area (Å²) in [4.78, 5) is 17.2. The molecule has 162 valence electrons. The van der Waals surface area contributed by atoms with Gasteiger partial charge < -0.3 is 5.32 Å². The van der Waals surface area contributed by atoms with Crippen molar-refractivity contribution in [3.05, 3.63) is 88.8 Å². The van der Waals surface area contributed by atoms with Crippen LogP contribution in [0.1, 0.15) is 10.4 Å². The van der Waals surface area contributed by atoms with Crippen LogP contribution in [0.15, 0.2) is 78.2 Å². The highest BCUT2D eigenvalue weighted by Crippen LogP contribution is 2.30. The van der Waals surface area contributed by atoms with Crippen LogP contribution in [-0.4, -0.2) is 25.6 Å². The van der Waals surface area contributed by atoms with E-state index in [0.29, 0.717) is 22.0 Å². The smallest absolute Gasteiger partial charge is 0.255 e. The number of sulfonamides is 1. The van der Waals surface area contributed by atoms with Crippen molar-refractivity contribution >= 4 is 50.2 Å². The van der Waals surface area contributed by atoms with E-state index in [0.717, 1.165) is 28.1 Å². The summed E-state index contributed by atoms with van der Waals surface area (Å²) < 4.78 is 24.9. The minimum absolute atomic E-state index is 0.290. The molecule has 0 saturated carbocycles. The number of nitrogens with zero attached hydrogens (tertiary/aromatic N) is 1. The summed E-state index contributed by atoms with van der Waals surface area (Å²) in [5, 5.41) is 6.41. The third-order valence-electron chi connectivity index (χ3n) is 4.48. The maximum atomic E-state index is 12.5. The van der Waals surface area contributed by atoms with E-state index in [1.165, 1.54) is 0 Å². The minimum atomic E-state index is -3.36. The molecule has 0 atom stereocenters. The quantitative estimate of drug-likeness (QED) is 0.365. The maximum absolute atomic E-state index is 12.5. The van der Waals surface area contributed by atoms with E-state index in [1.807, 2.05) is 53.9 Å². The van der Waals surface area contributed by atoms with Gasteiger partial charge in [0.2, 0.25) is 10.0 Å². The zero-order valence-electron chi connectivity index (χ0n) is 16.9. The van der Waals surface area contributed by atoms with Gasteiger partial charge in [0.05, 0.1) is 11.9 Å². The molecule has 9 heteroatoms. The Kier molecular flexibility index (Phi) is 6.27. The van der Waals surface area contributed by atoms with Crippen molar-refractivity contribution in [3.8, 4) is 21.8 Å². The summed E-state index contributed by atoms with van der Waals surface area (Å²) in [5.74, 6) is -0.290. The third-order valence-corrected chi connectivity index (χ3v) is 6.23. The van der Waals surface area contributed by atoms with Gasteiger partial charge in [-0.05, 0) is 48.5 Å². The average molecular weight is 484 g/mol. The Hall–Kier alpha value is -3.20. The number of hydrogen-bond donors (Lipinski definition) is 2. The Morgan fingerprint density at radius 1 is 0.875 bits per heavy atom. The maximum Gasteiger partial charge on any atom is 0.255 e. The number of rotatable bonds is 6. The van der Waals surface area contributed by atoms with Crippen molar-refractivity contribution in [2.45, 2.75) is 0 Å². The molecule has 4 aromatic rings. The molecule has 0 aliphatic carbocycles. The molecule has 0 aliphatic heterocycles. The van der Waals surface area contributed by atoms with Crippen LogP contribution in [0.3, 0.4) is 0 Å². The third kappa shape index (κ3) is 5.53. The zero-order valence-corrected chi connectivity index (χ0v) is 19.3. The lowest BCUT2D eigenvalue weighted by Gasteiger charge is -2.08. The molecule has 0 spiro atoms. The van der Waals surface area contributed by atoms with Gasteiger partial charge in [-0.1, -0.05) is 35.9 Å². The van der Waals surface area contributed by atoms with E-state index in [1.54, 1.807) is 35.6 Å². The first-order chi connectivity index (χ1) is 15.3. The van der Waals surface area contributed by atoms with Crippen LogP contribution in [0, 0.1) is 0 Å². The molecule has 4 rings (SSSR count). The highest BCUT2D eigenvalue weighted by molar-refractivity contribution is 7.92. The van der Waals surface area contributed by atoms with Crippen LogP contribution in [0.2, 0.25) is 5.02 Å². The van der Waals surface area contributed by atoms with Crippen LogP contribution in [0.4, 0.5) is 11.4 Å². The minimum Gasteiger partial charge on any atom is -0.322 e. The van der Waals surface area contributed by atoms with Gasteiger partial charge >= 0.3 is 0 Å². The number of carbonyl (C=O) groups is 1. The van der Waals surface area contributed by atoms with Crippen LogP contribution < -0.4 is 10.0 Å². The molecule has 0 fully saturated rings. The summed E-state index contributed by atoms with van der Waals surface area (Å²) in [5.41, 5.74) is 4.26. The van der Waals surface area contributed by atoms with E-state index in [4.69, 9.17) is 16.6 Å². The number of nitrogens with one attached hydrogen (secondary N) is 2. The van der Waals surface area contributed by atoms with Crippen molar-refractivity contribution in [1.29, 1.82) is 0 Å². The normalized spacial score (nSPS) is 11.2. The summed E-state index contributed by atoms with van der Waals surface area (Å²) in [6.07, 6.45) is 1.07. The molecule has 1 heterocycles. The lowest BCUT2D eigenvalue weighted by Crippen LogP contribution is -2.13. The monoisotopic (exact) mass is 483 g/mol. The number of hydrogen-bond acceptors (Lipinski definition) is 5. The zero-order chi connectivity index (χ0) is 22.7. The van der Waals surface area contributed by atoms with E-state index < -0.39 is 10.0 Å². The second kappa shape index (κ2) is 9.12. The van der Waals surface area contributed by atoms with Gasteiger partial charge in [-0.15, -0.1) is 11.3 Å². The molecular formula is C23H18ClN3O3S2. The second-order valence-corrected chi connectivity index (χ2v) is 10.1. The molecule has 2 N–H and O–H groups in total. The van der Waals surface area contributed by atoms with Gasteiger partial charge in [0, 0.05) is 38.5 Å². The first-order valence-corrected chi connectivity index (χ1v) is 12.6. The van der Waals surface area contributed by atoms with Crippen LogP contribution >= 0.6 is 22.9 Å². The van der Waals surface area contributed by atoms with Gasteiger partial charge in [0.15, 0.2) is 0 Å². The Labute approximate surface area is 195 Å². The number of thiazole rings is 1. The second-order valence-electron chi connectivity index (χ2n) is 7.03. The molecule has 1 aromatic heterocycles. The van der Waals surface area contributed by atoms with E-state index in [-0.39, 0.29) is 5.91 Å². The number of benzene rings is 3. The van der Waals surface area contributed by atoms with Gasteiger partial charge in [-0.2, -0.15) is 0 Å². The van der Waals surface area contributed by atoms with E-state index >= 15 is 0 Å². The van der Waals surface area contributed by atoms with Crippen molar-refractivity contribution in [1.82, 2.24) is 4.98 Å². The molecule has 0 aliphatic rings. The fourth-order valence-corrected chi connectivity index (χ4v) is 4.49. The largest absolute Gasteiger partial charge is 0.322 e. The molecule has 32 heavy (non-hydrogen) atoms. The Morgan fingerprint density at radius 2 is 1.47 bits per heavy atom. The van der Waals surface area contributed by atoms with E-state index in [2.05, 4.69) is 10.0 Å². The van der Waals surface area contributed by atoms with Crippen LogP contribution in [-0.2, 0) is 10.0 Å². The van der Waals surface area contributed by atoms with Gasteiger partial charge in [0.25, 0.3) is 5.91 Å². The van der Waals surface area contributed by atoms with Gasteiger partial charge in [0.1, 0.15) is 5.01 Å². The average Bonchev–Trinajstić information content (AvgIpc) is 3.24. The SMILES string of the molecule is CS(=O)(=O)Nc1ccc(C(=O)Nc2ccc(-c3csc(-c4ccc(Cl)cc4)n3)cc2)cc1. The Morgan fingerprint density at radius 3 is 2.09 bits per heavy atom. The number of aromatic nitrogens is 1. The van der Waals surface area contributed by atoms with Crippen molar-refractivity contribution in [2.75, 3.05) is 16.3 Å².